The Morgan fingerprint density at radius 1 is 1.32 bits per heavy atom. The van der Waals surface area contributed by atoms with Gasteiger partial charge in [-0.1, -0.05) is 12.1 Å². The van der Waals surface area contributed by atoms with Gasteiger partial charge >= 0.3 is 5.97 Å². The Morgan fingerprint density at radius 2 is 2.04 bits per heavy atom. The van der Waals surface area contributed by atoms with Gasteiger partial charge in [0.05, 0.1) is 6.61 Å². The first-order chi connectivity index (χ1) is 11.9. The Kier molecular flexibility index (Phi) is 4.99. The van der Waals surface area contributed by atoms with E-state index in [1.54, 1.807) is 4.90 Å². The number of benzene rings is 1. The van der Waals surface area contributed by atoms with Crippen molar-refractivity contribution in [3.05, 3.63) is 29.8 Å². The van der Waals surface area contributed by atoms with E-state index in [-0.39, 0.29) is 25.0 Å². The lowest BCUT2D eigenvalue weighted by molar-refractivity contribution is -0.159. The van der Waals surface area contributed by atoms with E-state index in [1.807, 2.05) is 43.3 Å². The summed E-state index contributed by atoms with van der Waals surface area (Å²) in [5.41, 5.74) is 1.33. The van der Waals surface area contributed by atoms with Gasteiger partial charge in [-0.2, -0.15) is 0 Å². The minimum atomic E-state index is -0.915. The van der Waals surface area contributed by atoms with Crippen LogP contribution in [0.2, 0.25) is 0 Å². The van der Waals surface area contributed by atoms with Gasteiger partial charge in [0.1, 0.15) is 5.41 Å². The number of aliphatic carboxylic acids is 1. The lowest BCUT2D eigenvalue weighted by Gasteiger charge is -2.33. The van der Waals surface area contributed by atoms with E-state index >= 15 is 0 Å². The average Bonchev–Trinajstić information content (AvgIpc) is 3.01. The molecule has 0 unspecified atom stereocenters. The monoisotopic (exact) mass is 346 g/mol. The molecule has 2 atom stereocenters. The first-order valence-electron chi connectivity index (χ1n) is 8.77. The van der Waals surface area contributed by atoms with E-state index < -0.39 is 11.4 Å². The fourth-order valence-corrected chi connectivity index (χ4v) is 3.85. The second-order valence-corrected chi connectivity index (χ2v) is 7.33. The third kappa shape index (κ3) is 3.49. The zero-order chi connectivity index (χ0) is 18.0. The molecule has 0 bridgehead atoms. The van der Waals surface area contributed by atoms with Gasteiger partial charge in [0.15, 0.2) is 0 Å². The summed E-state index contributed by atoms with van der Waals surface area (Å²) < 4.78 is 5.41. The summed E-state index contributed by atoms with van der Waals surface area (Å²) >= 11 is 0. The van der Waals surface area contributed by atoms with Gasteiger partial charge in [0.2, 0.25) is 5.91 Å². The molecule has 2 aliphatic heterocycles. The second-order valence-electron chi connectivity index (χ2n) is 7.33. The molecule has 6 nitrogen and oxygen atoms in total. The Bertz CT molecular complexity index is 643. The molecular weight excluding hydrogens is 320 g/mol. The smallest absolute Gasteiger partial charge is 0.314 e. The normalized spacial score (nSPS) is 25.5. The van der Waals surface area contributed by atoms with E-state index in [9.17, 15) is 14.7 Å². The average molecular weight is 346 g/mol. The number of fused-ring (bicyclic) bond motifs is 1. The fourth-order valence-electron chi connectivity index (χ4n) is 3.85. The molecule has 1 aromatic carbocycles. The third-order valence-corrected chi connectivity index (χ3v) is 5.52. The van der Waals surface area contributed by atoms with Gasteiger partial charge in [0, 0.05) is 45.9 Å². The highest BCUT2D eigenvalue weighted by Crippen LogP contribution is 2.41. The maximum Gasteiger partial charge on any atom is 0.314 e. The number of ether oxygens (including phenoxy) is 1. The number of hydrogen-bond acceptors (Lipinski definition) is 4. The summed E-state index contributed by atoms with van der Waals surface area (Å²) in [5.74, 6) is -0.805. The molecular formula is C19H26N2O4. The molecule has 0 aliphatic carbocycles. The number of aryl methyl sites for hydroxylation is 1. The van der Waals surface area contributed by atoms with Crippen molar-refractivity contribution in [1.82, 2.24) is 4.90 Å². The number of carboxylic acids is 1. The predicted octanol–water partition coefficient (Wildman–Crippen LogP) is 1.63. The first kappa shape index (κ1) is 17.7. The van der Waals surface area contributed by atoms with Crippen LogP contribution in [0.4, 0.5) is 5.69 Å². The van der Waals surface area contributed by atoms with Crippen LogP contribution in [-0.2, 0) is 20.7 Å². The minimum absolute atomic E-state index is 0.00192. The number of rotatable bonds is 5. The van der Waals surface area contributed by atoms with Gasteiger partial charge in [-0.05, 0) is 36.5 Å². The van der Waals surface area contributed by atoms with Crippen molar-refractivity contribution < 1.29 is 19.4 Å². The van der Waals surface area contributed by atoms with Crippen molar-refractivity contribution >= 4 is 17.6 Å². The topological polar surface area (TPSA) is 70.1 Å². The van der Waals surface area contributed by atoms with Crippen LogP contribution in [0, 0.1) is 11.3 Å². The van der Waals surface area contributed by atoms with Crippen molar-refractivity contribution in [2.75, 3.05) is 45.3 Å². The molecule has 0 aromatic heterocycles. The Balaban J connectivity index is 1.59. The van der Waals surface area contributed by atoms with Crippen LogP contribution in [0.3, 0.4) is 0 Å². The first-order valence-corrected chi connectivity index (χ1v) is 8.77. The highest BCUT2D eigenvalue weighted by molar-refractivity contribution is 5.81. The number of nitrogens with zero attached hydrogens (tertiary/aromatic N) is 2. The molecule has 25 heavy (non-hydrogen) atoms. The van der Waals surface area contributed by atoms with Crippen LogP contribution in [0.1, 0.15) is 18.4 Å². The largest absolute Gasteiger partial charge is 0.481 e. The number of carbonyl (C=O) groups excluding carboxylic acids is 1. The molecule has 6 heteroatoms. The Morgan fingerprint density at radius 3 is 2.64 bits per heavy atom. The van der Waals surface area contributed by atoms with Crippen LogP contribution in [0.5, 0.6) is 0 Å². The highest BCUT2D eigenvalue weighted by atomic mass is 16.5. The molecule has 2 saturated heterocycles. The molecule has 2 aliphatic rings. The van der Waals surface area contributed by atoms with Crippen LogP contribution in [0.15, 0.2) is 24.3 Å². The van der Waals surface area contributed by atoms with Gasteiger partial charge in [-0.15, -0.1) is 0 Å². The number of amides is 1. The molecule has 0 radical (unpaired) electrons. The molecule has 2 heterocycles. The highest BCUT2D eigenvalue weighted by Gasteiger charge is 2.55. The predicted molar refractivity (Wildman–Crippen MR) is 94.7 cm³/mol. The van der Waals surface area contributed by atoms with Crippen LogP contribution in [0.25, 0.3) is 0 Å². The van der Waals surface area contributed by atoms with E-state index in [1.165, 1.54) is 0 Å². The molecule has 136 valence electrons. The summed E-state index contributed by atoms with van der Waals surface area (Å²) in [6.07, 6.45) is 1.79. The van der Waals surface area contributed by atoms with Crippen LogP contribution in [-0.4, -0.2) is 62.3 Å². The van der Waals surface area contributed by atoms with E-state index in [2.05, 4.69) is 0 Å². The maximum absolute atomic E-state index is 12.6. The summed E-state index contributed by atoms with van der Waals surface area (Å²) in [5, 5.41) is 9.66. The standard InChI is InChI=1S/C19H26N2O4/c1-20(2)16-6-3-14(4-7-16)5-8-17(22)21-11-15-9-10-25-13-19(15,12-21)18(23)24/h3-4,6-7,15H,5,8-13H2,1-2H3,(H,23,24)/t15-,19+/m0/s1. The SMILES string of the molecule is CN(C)c1ccc(CCC(=O)N2C[C@@H]3CCOC[C@]3(C(=O)O)C2)cc1. The van der Waals surface area contributed by atoms with Crippen molar-refractivity contribution in [3.63, 3.8) is 0 Å². The van der Waals surface area contributed by atoms with E-state index in [0.717, 1.165) is 11.3 Å². The molecule has 0 saturated carbocycles. The molecule has 3 rings (SSSR count). The zero-order valence-electron chi connectivity index (χ0n) is 14.9. The third-order valence-electron chi connectivity index (χ3n) is 5.52. The number of likely N-dealkylation sites (tertiary alicyclic amines) is 1. The van der Waals surface area contributed by atoms with Crippen LogP contribution >= 0.6 is 0 Å². The number of carbonyl (C=O) groups is 2. The second kappa shape index (κ2) is 7.04. The van der Waals surface area contributed by atoms with Gasteiger partial charge in [-0.3, -0.25) is 9.59 Å². The lowest BCUT2D eigenvalue weighted by Crippen LogP contribution is -2.46. The Hall–Kier alpha value is -2.08. The summed E-state index contributed by atoms with van der Waals surface area (Å²) in [4.78, 5) is 28.1. The quantitative estimate of drug-likeness (QED) is 0.878. The fraction of sp³-hybridized carbons (Fsp3) is 0.579. The molecule has 2 fully saturated rings. The molecule has 1 aromatic rings. The lowest BCUT2D eigenvalue weighted by atomic mass is 9.76. The summed E-state index contributed by atoms with van der Waals surface area (Å²) in [7, 11) is 3.99. The Labute approximate surface area is 148 Å². The summed E-state index contributed by atoms with van der Waals surface area (Å²) in [6, 6.07) is 8.17. The van der Waals surface area contributed by atoms with Gasteiger partial charge in [0.25, 0.3) is 0 Å². The van der Waals surface area contributed by atoms with Crippen LogP contribution < -0.4 is 4.90 Å². The zero-order valence-corrected chi connectivity index (χ0v) is 14.9. The summed E-state index contributed by atoms with van der Waals surface area (Å²) in [6.45, 7) is 1.60. The van der Waals surface area contributed by atoms with Crippen molar-refractivity contribution in [1.29, 1.82) is 0 Å². The van der Waals surface area contributed by atoms with Gasteiger partial charge < -0.3 is 19.6 Å². The van der Waals surface area contributed by atoms with Gasteiger partial charge in [-0.25, -0.2) is 0 Å². The van der Waals surface area contributed by atoms with E-state index in [0.29, 0.717) is 32.4 Å². The van der Waals surface area contributed by atoms with Crippen molar-refractivity contribution in [2.45, 2.75) is 19.3 Å². The number of carboxylic acid groups (broad SMARTS) is 1. The van der Waals surface area contributed by atoms with E-state index in [4.69, 9.17) is 4.74 Å². The van der Waals surface area contributed by atoms with Crippen molar-refractivity contribution in [2.24, 2.45) is 11.3 Å². The molecule has 1 amide bonds. The number of anilines is 1. The van der Waals surface area contributed by atoms with Crippen molar-refractivity contribution in [3.8, 4) is 0 Å². The maximum atomic E-state index is 12.6. The number of hydrogen-bond donors (Lipinski definition) is 1. The molecule has 0 spiro atoms. The minimum Gasteiger partial charge on any atom is -0.481 e. The molecule has 1 N–H and O–H groups in total.